The maximum Gasteiger partial charge on any atom is 0.246 e. The molecule has 4 rings (SSSR count). The van der Waals surface area contributed by atoms with Crippen molar-refractivity contribution in [3.63, 3.8) is 0 Å². The van der Waals surface area contributed by atoms with E-state index in [4.69, 9.17) is 0 Å². The fraction of sp³-hybridized carbons (Fsp3) is 0.318. The van der Waals surface area contributed by atoms with Crippen LogP contribution < -0.4 is 0 Å². The third kappa shape index (κ3) is 3.88. The molecule has 1 fully saturated rings. The van der Waals surface area contributed by atoms with Gasteiger partial charge in [-0.25, -0.2) is 8.42 Å². The number of hydrogen-bond donors (Lipinski definition) is 0. The minimum Gasteiger partial charge on any atom is -0.266 e. The van der Waals surface area contributed by atoms with Gasteiger partial charge in [0.05, 0.1) is 6.54 Å². The molecule has 0 unspecified atom stereocenters. The standard InChI is InChI=1S/C22H25N3O2S/c1-18-12-14-25(15-13-18)28(26,27)21-17-24(16-19-8-4-2-5-9-19)23-22(21)20-10-6-3-7-11-20/h2-11,17-18H,12-16H2,1H3. The zero-order chi connectivity index (χ0) is 19.6. The number of nitrogens with zero attached hydrogens (tertiary/aromatic N) is 3. The molecule has 0 bridgehead atoms. The van der Waals surface area contributed by atoms with Gasteiger partial charge in [-0.1, -0.05) is 67.6 Å². The predicted octanol–water partition coefficient (Wildman–Crippen LogP) is 4.02. The number of rotatable bonds is 5. The summed E-state index contributed by atoms with van der Waals surface area (Å²) in [5, 5.41) is 4.66. The summed E-state index contributed by atoms with van der Waals surface area (Å²) in [4.78, 5) is 0.296. The zero-order valence-electron chi connectivity index (χ0n) is 16.0. The largest absolute Gasteiger partial charge is 0.266 e. The number of benzene rings is 2. The van der Waals surface area contributed by atoms with Crippen molar-refractivity contribution in [2.75, 3.05) is 13.1 Å². The molecule has 2 aromatic carbocycles. The van der Waals surface area contributed by atoms with Crippen LogP contribution in [0.5, 0.6) is 0 Å². The summed E-state index contributed by atoms with van der Waals surface area (Å²) in [7, 11) is -3.59. The van der Waals surface area contributed by atoms with Crippen LogP contribution in [0.1, 0.15) is 25.3 Å². The molecule has 1 aliphatic rings. The first-order valence-electron chi connectivity index (χ1n) is 9.71. The molecular weight excluding hydrogens is 370 g/mol. The summed E-state index contributed by atoms with van der Waals surface area (Å²) in [5.41, 5.74) is 2.42. The van der Waals surface area contributed by atoms with Crippen LogP contribution in [0.25, 0.3) is 11.3 Å². The van der Waals surface area contributed by atoms with Crippen LogP contribution in [0, 0.1) is 5.92 Å². The summed E-state index contributed by atoms with van der Waals surface area (Å²) in [6.07, 6.45) is 3.48. The van der Waals surface area contributed by atoms with E-state index in [1.165, 1.54) is 0 Å². The Balaban J connectivity index is 1.74. The van der Waals surface area contributed by atoms with Crippen LogP contribution in [-0.2, 0) is 16.6 Å². The van der Waals surface area contributed by atoms with Crippen molar-refractivity contribution in [3.05, 3.63) is 72.4 Å². The Morgan fingerprint density at radius 1 is 0.964 bits per heavy atom. The SMILES string of the molecule is CC1CCN(S(=O)(=O)c2cn(Cc3ccccc3)nc2-c2ccccc2)CC1. The van der Waals surface area contributed by atoms with E-state index in [2.05, 4.69) is 12.0 Å². The van der Waals surface area contributed by atoms with E-state index in [-0.39, 0.29) is 0 Å². The Labute approximate surface area is 166 Å². The fourth-order valence-electron chi connectivity index (χ4n) is 3.60. The van der Waals surface area contributed by atoms with Crippen molar-refractivity contribution in [1.82, 2.24) is 14.1 Å². The lowest BCUT2D eigenvalue weighted by Crippen LogP contribution is -2.37. The molecule has 0 N–H and O–H groups in total. The van der Waals surface area contributed by atoms with Gasteiger partial charge in [0.15, 0.2) is 0 Å². The van der Waals surface area contributed by atoms with Crippen molar-refractivity contribution in [1.29, 1.82) is 0 Å². The molecule has 0 atom stereocenters. The maximum atomic E-state index is 13.4. The molecule has 5 nitrogen and oxygen atoms in total. The normalized spacial score (nSPS) is 16.3. The van der Waals surface area contributed by atoms with Gasteiger partial charge >= 0.3 is 0 Å². The summed E-state index contributed by atoms with van der Waals surface area (Å²) >= 11 is 0. The van der Waals surface area contributed by atoms with E-state index in [9.17, 15) is 8.42 Å². The van der Waals surface area contributed by atoms with Crippen molar-refractivity contribution >= 4 is 10.0 Å². The van der Waals surface area contributed by atoms with Crippen molar-refractivity contribution in [2.45, 2.75) is 31.2 Å². The quantitative estimate of drug-likeness (QED) is 0.656. The Bertz CT molecular complexity index is 1020. The van der Waals surface area contributed by atoms with E-state index in [1.54, 1.807) is 15.2 Å². The number of sulfonamides is 1. The van der Waals surface area contributed by atoms with Crippen LogP contribution >= 0.6 is 0 Å². The Morgan fingerprint density at radius 3 is 2.21 bits per heavy atom. The number of aromatic nitrogens is 2. The Morgan fingerprint density at radius 2 is 1.57 bits per heavy atom. The highest BCUT2D eigenvalue weighted by atomic mass is 32.2. The molecule has 28 heavy (non-hydrogen) atoms. The second-order valence-corrected chi connectivity index (χ2v) is 9.38. The van der Waals surface area contributed by atoms with Gasteiger partial charge in [0.25, 0.3) is 0 Å². The first-order valence-corrected chi connectivity index (χ1v) is 11.1. The molecule has 1 saturated heterocycles. The van der Waals surface area contributed by atoms with Gasteiger partial charge in [0.1, 0.15) is 10.6 Å². The molecule has 0 amide bonds. The average Bonchev–Trinajstić information content (AvgIpc) is 3.14. The van der Waals surface area contributed by atoms with Gasteiger partial charge in [-0.15, -0.1) is 0 Å². The Hall–Kier alpha value is -2.44. The predicted molar refractivity (Wildman–Crippen MR) is 110 cm³/mol. The molecule has 3 aromatic rings. The second kappa shape index (κ2) is 7.89. The topological polar surface area (TPSA) is 55.2 Å². The molecule has 0 spiro atoms. The van der Waals surface area contributed by atoms with Gasteiger partial charge in [0.2, 0.25) is 10.0 Å². The molecule has 1 aromatic heterocycles. The van der Waals surface area contributed by atoms with Gasteiger partial charge in [-0.05, 0) is 24.3 Å². The van der Waals surface area contributed by atoms with Gasteiger partial charge < -0.3 is 0 Å². The van der Waals surface area contributed by atoms with E-state index >= 15 is 0 Å². The van der Waals surface area contributed by atoms with E-state index in [1.807, 2.05) is 60.7 Å². The van der Waals surface area contributed by atoms with Crippen molar-refractivity contribution < 1.29 is 8.42 Å². The second-order valence-electron chi connectivity index (χ2n) is 7.48. The third-order valence-electron chi connectivity index (χ3n) is 5.32. The summed E-state index contributed by atoms with van der Waals surface area (Å²) < 4.78 is 30.2. The maximum absolute atomic E-state index is 13.4. The lowest BCUT2D eigenvalue weighted by atomic mass is 10.0. The monoisotopic (exact) mass is 395 g/mol. The van der Waals surface area contributed by atoms with Gasteiger partial charge in [-0.3, -0.25) is 4.68 Å². The van der Waals surface area contributed by atoms with Crippen LogP contribution in [0.15, 0.2) is 71.8 Å². The van der Waals surface area contributed by atoms with Crippen LogP contribution in [0.2, 0.25) is 0 Å². The molecule has 6 heteroatoms. The summed E-state index contributed by atoms with van der Waals surface area (Å²) in [5.74, 6) is 0.570. The highest BCUT2D eigenvalue weighted by molar-refractivity contribution is 7.89. The molecule has 0 aliphatic carbocycles. The first kappa shape index (κ1) is 18.9. The van der Waals surface area contributed by atoms with E-state index in [0.29, 0.717) is 36.1 Å². The summed E-state index contributed by atoms with van der Waals surface area (Å²) in [6.45, 7) is 3.85. The lowest BCUT2D eigenvalue weighted by molar-refractivity contribution is 0.288. The van der Waals surface area contributed by atoms with E-state index < -0.39 is 10.0 Å². The number of piperidine rings is 1. The third-order valence-corrected chi connectivity index (χ3v) is 7.22. The molecule has 1 aliphatic heterocycles. The van der Waals surface area contributed by atoms with Crippen LogP contribution in [0.4, 0.5) is 0 Å². The highest BCUT2D eigenvalue weighted by Crippen LogP contribution is 2.30. The molecular formula is C22H25N3O2S. The summed E-state index contributed by atoms with van der Waals surface area (Å²) in [6, 6.07) is 19.5. The van der Waals surface area contributed by atoms with Crippen molar-refractivity contribution in [2.24, 2.45) is 5.92 Å². The van der Waals surface area contributed by atoms with Crippen molar-refractivity contribution in [3.8, 4) is 11.3 Å². The first-order chi connectivity index (χ1) is 13.5. The molecule has 2 heterocycles. The van der Waals surface area contributed by atoms with Crippen LogP contribution in [0.3, 0.4) is 0 Å². The fourth-order valence-corrected chi connectivity index (χ4v) is 5.23. The lowest BCUT2D eigenvalue weighted by Gasteiger charge is -2.29. The smallest absolute Gasteiger partial charge is 0.246 e. The number of hydrogen-bond acceptors (Lipinski definition) is 3. The molecule has 0 radical (unpaired) electrons. The average molecular weight is 396 g/mol. The zero-order valence-corrected chi connectivity index (χ0v) is 16.8. The van der Waals surface area contributed by atoms with Crippen LogP contribution in [-0.4, -0.2) is 35.6 Å². The van der Waals surface area contributed by atoms with Gasteiger partial charge in [0, 0.05) is 24.8 Å². The molecule has 146 valence electrons. The Kier molecular flexibility index (Phi) is 5.33. The minimum absolute atomic E-state index is 0.296. The minimum atomic E-state index is -3.59. The molecule has 0 saturated carbocycles. The highest BCUT2D eigenvalue weighted by Gasteiger charge is 2.32. The van der Waals surface area contributed by atoms with Gasteiger partial charge in [-0.2, -0.15) is 9.40 Å². The van der Waals surface area contributed by atoms with E-state index in [0.717, 1.165) is 24.0 Å².